The van der Waals surface area contributed by atoms with Gasteiger partial charge in [-0.05, 0) is 31.6 Å². The van der Waals surface area contributed by atoms with Crippen molar-refractivity contribution in [2.45, 2.75) is 37.8 Å². The number of hydrogen-bond donors (Lipinski definition) is 2. The van der Waals surface area contributed by atoms with Crippen molar-refractivity contribution in [2.24, 2.45) is 5.92 Å². The maximum Gasteiger partial charge on any atom is 0.252 e. The molecule has 2 aliphatic heterocycles. The van der Waals surface area contributed by atoms with Crippen LogP contribution in [0.1, 0.15) is 25.0 Å². The first-order chi connectivity index (χ1) is 15.9. The van der Waals surface area contributed by atoms with Gasteiger partial charge in [0.2, 0.25) is 5.95 Å². The Morgan fingerprint density at radius 3 is 2.64 bits per heavy atom. The number of carbonyl (C=O) groups excluding carboxylic acids is 1. The minimum Gasteiger partial charge on any atom is -0.493 e. The molecule has 0 spiro atoms. The van der Waals surface area contributed by atoms with Gasteiger partial charge in [0.05, 0.1) is 18.9 Å². The number of nitrogens with zero attached hydrogens (tertiary/aromatic N) is 4. The van der Waals surface area contributed by atoms with E-state index in [0.29, 0.717) is 18.3 Å². The summed E-state index contributed by atoms with van der Waals surface area (Å²) in [5.41, 5.74) is 1.53. The molecule has 5 rings (SSSR count). The van der Waals surface area contributed by atoms with E-state index in [0.717, 1.165) is 49.2 Å². The molecule has 3 aliphatic rings. The molecule has 1 saturated carbocycles. The lowest BCUT2D eigenvalue weighted by Gasteiger charge is -2.42. The second-order valence-corrected chi connectivity index (χ2v) is 8.76. The Morgan fingerprint density at radius 2 is 1.94 bits per heavy atom. The fourth-order valence-electron chi connectivity index (χ4n) is 4.68. The Labute approximate surface area is 188 Å². The van der Waals surface area contributed by atoms with E-state index in [1.807, 2.05) is 0 Å². The number of nitrogens with one attached hydrogen (secondary N) is 1. The Morgan fingerprint density at radius 1 is 1.21 bits per heavy atom. The van der Waals surface area contributed by atoms with E-state index in [1.54, 1.807) is 16.8 Å². The number of aromatic nitrogens is 2. The van der Waals surface area contributed by atoms with Gasteiger partial charge in [-0.3, -0.25) is 4.79 Å². The van der Waals surface area contributed by atoms with Crippen LogP contribution in [0.3, 0.4) is 0 Å². The van der Waals surface area contributed by atoms with Gasteiger partial charge in [0, 0.05) is 31.8 Å². The van der Waals surface area contributed by atoms with Crippen molar-refractivity contribution in [1.82, 2.24) is 9.97 Å². The molecule has 1 aromatic carbocycles. The largest absolute Gasteiger partial charge is 0.493 e. The number of hydrogen-bond acceptors (Lipinski definition) is 7. The number of benzene rings is 1. The zero-order valence-electron chi connectivity index (χ0n) is 18.0. The van der Waals surface area contributed by atoms with E-state index in [-0.39, 0.29) is 36.8 Å². The third-order valence-electron chi connectivity index (χ3n) is 6.54. The lowest BCUT2D eigenvalue weighted by Crippen LogP contribution is -2.55. The number of aliphatic hydroxyl groups is 1. The Bertz CT molecular complexity index is 1070. The minimum absolute atomic E-state index is 0.0412. The molecule has 0 saturated heterocycles. The van der Waals surface area contributed by atoms with Crippen LogP contribution in [0.5, 0.6) is 5.75 Å². The molecular formula is C22H24F3N5O3. The normalized spacial score (nSPS) is 23.8. The first-order valence-electron chi connectivity index (χ1n) is 11.0. The van der Waals surface area contributed by atoms with Crippen LogP contribution in [0.15, 0.2) is 12.1 Å². The minimum atomic E-state index is -1.51. The molecule has 1 aromatic heterocycles. The average molecular weight is 463 g/mol. The summed E-state index contributed by atoms with van der Waals surface area (Å²) < 4.78 is 45.1. The predicted molar refractivity (Wildman–Crippen MR) is 114 cm³/mol. The fourth-order valence-corrected chi connectivity index (χ4v) is 4.68. The van der Waals surface area contributed by atoms with Crippen LogP contribution in [0, 0.1) is 23.4 Å². The summed E-state index contributed by atoms with van der Waals surface area (Å²) in [6.45, 7) is 0.558. The summed E-state index contributed by atoms with van der Waals surface area (Å²) in [6.07, 6.45) is 3.04. The molecule has 33 heavy (non-hydrogen) atoms. The molecular weight excluding hydrogens is 439 g/mol. The SMILES string of the molecule is CN1c2nc(NC3CC(COc4cc(F)c(F)c(F)c4)C3)nc3c2N(CCC3)C(=O)C1CO. The van der Waals surface area contributed by atoms with E-state index in [4.69, 9.17) is 4.74 Å². The van der Waals surface area contributed by atoms with Gasteiger partial charge in [-0.1, -0.05) is 0 Å². The summed E-state index contributed by atoms with van der Waals surface area (Å²) in [4.78, 5) is 25.4. The molecule has 2 N–H and O–H groups in total. The monoisotopic (exact) mass is 463 g/mol. The van der Waals surface area contributed by atoms with Crippen molar-refractivity contribution in [2.75, 3.05) is 41.9 Å². The Kier molecular flexibility index (Phi) is 5.51. The maximum absolute atomic E-state index is 13.3. The fraction of sp³-hybridized carbons (Fsp3) is 0.500. The lowest BCUT2D eigenvalue weighted by atomic mass is 9.81. The van der Waals surface area contributed by atoms with Gasteiger partial charge in [0.1, 0.15) is 17.5 Å². The Balaban J connectivity index is 1.23. The van der Waals surface area contributed by atoms with E-state index in [9.17, 15) is 23.1 Å². The molecule has 176 valence electrons. The highest BCUT2D eigenvalue weighted by Crippen LogP contribution is 2.40. The molecule has 1 fully saturated rings. The average Bonchev–Trinajstić information content (AvgIpc) is 2.77. The number of carbonyl (C=O) groups is 1. The number of likely N-dealkylation sites (N-methyl/N-ethyl adjacent to an activating group) is 1. The van der Waals surface area contributed by atoms with Gasteiger partial charge in [0.25, 0.3) is 5.91 Å². The number of rotatable bonds is 6. The molecule has 1 amide bonds. The lowest BCUT2D eigenvalue weighted by molar-refractivity contribution is -0.121. The maximum atomic E-state index is 13.3. The van der Waals surface area contributed by atoms with Gasteiger partial charge < -0.3 is 25.0 Å². The topological polar surface area (TPSA) is 90.8 Å². The number of aryl methyl sites for hydroxylation is 1. The van der Waals surface area contributed by atoms with Gasteiger partial charge in [0.15, 0.2) is 23.3 Å². The summed E-state index contributed by atoms with van der Waals surface area (Å²) in [7, 11) is 1.75. The number of aliphatic hydroxyl groups excluding tert-OH is 1. The number of amides is 1. The van der Waals surface area contributed by atoms with Crippen molar-refractivity contribution in [3.8, 4) is 5.75 Å². The molecule has 1 unspecified atom stereocenters. The quantitative estimate of drug-likeness (QED) is 0.635. The predicted octanol–water partition coefficient (Wildman–Crippen LogP) is 2.25. The molecule has 3 heterocycles. The molecule has 0 bridgehead atoms. The van der Waals surface area contributed by atoms with E-state index < -0.39 is 23.5 Å². The van der Waals surface area contributed by atoms with Crippen LogP contribution in [0.4, 0.5) is 30.6 Å². The van der Waals surface area contributed by atoms with E-state index in [1.165, 1.54) is 0 Å². The third kappa shape index (κ3) is 3.84. The van der Waals surface area contributed by atoms with Crippen LogP contribution in [0.25, 0.3) is 0 Å². The second-order valence-electron chi connectivity index (χ2n) is 8.76. The van der Waals surface area contributed by atoms with Gasteiger partial charge in [-0.25, -0.2) is 18.2 Å². The smallest absolute Gasteiger partial charge is 0.252 e. The van der Waals surface area contributed by atoms with E-state index in [2.05, 4.69) is 15.3 Å². The Hall–Kier alpha value is -3.08. The molecule has 1 aliphatic carbocycles. The summed E-state index contributed by atoms with van der Waals surface area (Å²) in [6, 6.07) is 1.11. The second kappa shape index (κ2) is 8.36. The molecule has 2 aromatic rings. The molecule has 8 nitrogen and oxygen atoms in total. The standard InChI is InChI=1S/C22H24F3N5O3/c1-29-17(9-31)21(32)30-4-2-3-16-19(30)20(29)28-22(27-16)26-12-5-11(6-12)10-33-13-7-14(23)18(25)15(24)8-13/h7-8,11-12,17,31H,2-6,9-10H2,1H3,(H,26,27,28). The van der Waals surface area contributed by atoms with Crippen LogP contribution in [-0.4, -0.2) is 59.9 Å². The van der Waals surface area contributed by atoms with Crippen molar-refractivity contribution >= 4 is 23.4 Å². The number of ether oxygens (including phenoxy) is 1. The highest BCUT2D eigenvalue weighted by molar-refractivity contribution is 6.05. The van der Waals surface area contributed by atoms with Crippen LogP contribution < -0.4 is 19.9 Å². The highest BCUT2D eigenvalue weighted by Gasteiger charge is 2.41. The first kappa shape index (κ1) is 21.7. The van der Waals surface area contributed by atoms with Crippen molar-refractivity contribution in [3.63, 3.8) is 0 Å². The highest BCUT2D eigenvalue weighted by atomic mass is 19.2. The first-order valence-corrected chi connectivity index (χ1v) is 11.0. The molecule has 0 radical (unpaired) electrons. The third-order valence-corrected chi connectivity index (χ3v) is 6.54. The van der Waals surface area contributed by atoms with Crippen molar-refractivity contribution in [1.29, 1.82) is 0 Å². The summed E-state index contributed by atoms with van der Waals surface area (Å²) in [5, 5.41) is 13.0. The number of anilines is 3. The van der Waals surface area contributed by atoms with Crippen LogP contribution in [0.2, 0.25) is 0 Å². The zero-order chi connectivity index (χ0) is 23.3. The van der Waals surface area contributed by atoms with Gasteiger partial charge in [-0.15, -0.1) is 0 Å². The van der Waals surface area contributed by atoms with Gasteiger partial charge >= 0.3 is 0 Å². The van der Waals surface area contributed by atoms with Crippen molar-refractivity contribution in [3.05, 3.63) is 35.3 Å². The molecule has 11 heteroatoms. The summed E-state index contributed by atoms with van der Waals surface area (Å²) in [5.74, 6) is -2.98. The van der Waals surface area contributed by atoms with E-state index >= 15 is 0 Å². The molecule has 1 atom stereocenters. The van der Waals surface area contributed by atoms with Crippen LogP contribution in [-0.2, 0) is 11.2 Å². The van der Waals surface area contributed by atoms with Crippen molar-refractivity contribution < 1.29 is 27.8 Å². The summed E-state index contributed by atoms with van der Waals surface area (Å²) >= 11 is 0. The van der Waals surface area contributed by atoms with Gasteiger partial charge in [-0.2, -0.15) is 4.98 Å². The number of halogens is 3. The zero-order valence-corrected chi connectivity index (χ0v) is 18.0. The van der Waals surface area contributed by atoms with Crippen LogP contribution >= 0.6 is 0 Å².